The van der Waals surface area contributed by atoms with Gasteiger partial charge in [0.1, 0.15) is 0 Å². The minimum Gasteiger partial charge on any atom is -0.334 e. The summed E-state index contributed by atoms with van der Waals surface area (Å²) in [6, 6.07) is 0. The quantitative estimate of drug-likeness (QED) is 0.439. The minimum atomic E-state index is -7.09. The Morgan fingerprint density at radius 2 is 0.700 bits per heavy atom. The second-order valence-electron chi connectivity index (χ2n) is 8.46. The summed E-state index contributed by atoms with van der Waals surface area (Å²) in [5.74, 6) is -61.4. The van der Waals surface area contributed by atoms with Crippen molar-refractivity contribution in [2.24, 2.45) is 0 Å². The van der Waals surface area contributed by atoms with Crippen molar-refractivity contribution in [2.45, 2.75) is 59.5 Å². The Morgan fingerprint density at radius 3 is 0.875 bits per heavy atom. The highest BCUT2D eigenvalue weighted by molar-refractivity contribution is 5.87. The van der Waals surface area contributed by atoms with Gasteiger partial charge in [-0.2, -0.15) is 79.0 Å². The van der Waals surface area contributed by atoms with E-state index in [4.69, 9.17) is 0 Å². The van der Waals surface area contributed by atoms with Crippen LogP contribution in [0.25, 0.3) is 0 Å². The van der Waals surface area contributed by atoms with Gasteiger partial charge in [0.2, 0.25) is 0 Å². The maximum atomic E-state index is 14.3. The van der Waals surface area contributed by atoms with Crippen molar-refractivity contribution in [1.82, 2.24) is 9.80 Å². The van der Waals surface area contributed by atoms with E-state index in [0.717, 1.165) is 0 Å². The normalized spacial score (nSPS) is 34.1. The lowest BCUT2D eigenvalue weighted by atomic mass is 9.98. The van der Waals surface area contributed by atoms with Crippen molar-refractivity contribution >= 4 is 11.8 Å². The summed E-state index contributed by atoms with van der Waals surface area (Å²) in [5, 5.41) is 0. The summed E-state index contributed by atoms with van der Waals surface area (Å²) in [4.78, 5) is 22.7. The summed E-state index contributed by atoms with van der Waals surface area (Å²) in [7, 11) is 0. The number of amides is 2. The van der Waals surface area contributed by atoms with Crippen molar-refractivity contribution in [3.63, 3.8) is 0 Å². The van der Waals surface area contributed by atoms with Gasteiger partial charge in [0.15, 0.2) is 0 Å². The Morgan fingerprint density at radius 1 is 0.475 bits per heavy atom. The zero-order chi connectivity index (χ0) is 31.6. The second-order valence-corrected chi connectivity index (χ2v) is 8.46. The number of hydrogen-bond donors (Lipinski definition) is 0. The van der Waals surface area contributed by atoms with E-state index in [0.29, 0.717) is 0 Å². The van der Waals surface area contributed by atoms with E-state index in [9.17, 15) is 88.6 Å². The lowest BCUT2D eigenvalue weighted by Gasteiger charge is -2.40. The van der Waals surface area contributed by atoms with Crippen molar-refractivity contribution in [1.29, 1.82) is 0 Å². The topological polar surface area (TPSA) is 59.1 Å². The molecule has 3 rings (SSSR count). The van der Waals surface area contributed by atoms with Crippen molar-refractivity contribution in [3.8, 4) is 0 Å². The van der Waals surface area contributed by atoms with E-state index in [1.54, 1.807) is 0 Å². The fraction of sp³-hybridized carbons (Fsp3) is 0.875. The number of carbonyl (C=O) groups excluding carboxylic acids is 2. The third kappa shape index (κ3) is 3.42. The zero-order valence-electron chi connectivity index (χ0n) is 18.2. The molecule has 0 aliphatic carbocycles. The number of alkyl halides is 18. The summed E-state index contributed by atoms with van der Waals surface area (Å²) >= 11 is 0. The van der Waals surface area contributed by atoms with E-state index < -0.39 is 107 Å². The Balaban J connectivity index is 1.81. The predicted molar refractivity (Wildman–Crippen MR) is 82.6 cm³/mol. The number of carbonyl (C=O) groups is 2. The fourth-order valence-corrected chi connectivity index (χ4v) is 3.69. The zero-order valence-corrected chi connectivity index (χ0v) is 18.2. The van der Waals surface area contributed by atoms with Gasteiger partial charge in [-0.05, 0) is 0 Å². The number of nitrogens with zero attached hydrogens (tertiary/aromatic N) is 2. The van der Waals surface area contributed by atoms with Gasteiger partial charge in [-0.15, -0.1) is 0 Å². The van der Waals surface area contributed by atoms with E-state index in [1.165, 1.54) is 0 Å². The Kier molecular flexibility index (Phi) is 6.52. The van der Waals surface area contributed by atoms with Crippen LogP contribution in [0.4, 0.5) is 79.0 Å². The third-order valence-electron chi connectivity index (χ3n) is 6.06. The first-order chi connectivity index (χ1) is 17.4. The lowest BCUT2D eigenvalue weighted by molar-refractivity contribution is -0.369. The van der Waals surface area contributed by atoms with Gasteiger partial charge < -0.3 is 9.80 Å². The molecule has 232 valence electrons. The molecule has 3 saturated heterocycles. The Labute approximate surface area is 206 Å². The minimum absolute atomic E-state index is 0.592. The molecule has 40 heavy (non-hydrogen) atoms. The lowest BCUT2D eigenvalue weighted by Crippen LogP contribution is -2.68. The molecule has 3 aliphatic heterocycles. The average molecular weight is 634 g/mol. The predicted octanol–water partition coefficient (Wildman–Crippen LogP) is 4.05. The number of hydrogen-bond acceptors (Lipinski definition) is 4. The van der Waals surface area contributed by atoms with Crippen molar-refractivity contribution < 1.29 is 98.1 Å². The van der Waals surface area contributed by atoms with Gasteiger partial charge in [0, 0.05) is 26.2 Å². The van der Waals surface area contributed by atoms with E-state index in [2.05, 4.69) is 9.47 Å². The molecule has 0 bridgehead atoms. The largest absolute Gasteiger partial charge is 0.428 e. The van der Waals surface area contributed by atoms with Crippen LogP contribution < -0.4 is 0 Å². The van der Waals surface area contributed by atoms with E-state index in [1.807, 2.05) is 0 Å². The summed E-state index contributed by atoms with van der Waals surface area (Å²) in [6.45, 7) is -6.75. The molecule has 0 aromatic carbocycles. The summed E-state index contributed by atoms with van der Waals surface area (Å²) in [5.41, 5.74) is 0. The number of rotatable bonds is 4. The number of piperazine rings is 1. The monoisotopic (exact) mass is 634 g/mol. The van der Waals surface area contributed by atoms with Crippen LogP contribution in [-0.4, -0.2) is 107 Å². The molecule has 0 radical (unpaired) electrons. The molecular formula is C16H8F18N2O4. The van der Waals surface area contributed by atoms with E-state index >= 15 is 0 Å². The standard InChI is InChI=1S/C16H8F18N2O4/c17-7(18,13(29)9(21,22)11(25,26)15(31,32)39-13)5(37)35-1-2-36(4-3-35)6(38)8(19,20)14(30)10(23,24)12(27,28)16(33,34)40-14/h1-4H2. The molecule has 2 unspecified atom stereocenters. The molecule has 0 aromatic rings. The first-order valence-electron chi connectivity index (χ1n) is 9.84. The Hall–Kier alpha value is -2.40. The molecule has 0 saturated carbocycles. The summed E-state index contributed by atoms with van der Waals surface area (Å²) in [6.07, 6.45) is -13.2. The van der Waals surface area contributed by atoms with Crippen LogP contribution in [0.2, 0.25) is 0 Å². The molecule has 3 heterocycles. The van der Waals surface area contributed by atoms with Crippen LogP contribution in [0, 0.1) is 0 Å². The Bertz CT molecular complexity index is 1010. The average Bonchev–Trinajstić information content (AvgIpc) is 2.97. The maximum Gasteiger partial charge on any atom is 0.428 e. The molecule has 3 fully saturated rings. The molecule has 0 spiro atoms. The van der Waals surface area contributed by atoms with Crippen molar-refractivity contribution in [3.05, 3.63) is 0 Å². The van der Waals surface area contributed by atoms with Crippen LogP contribution in [0.1, 0.15) is 0 Å². The van der Waals surface area contributed by atoms with Gasteiger partial charge in [-0.3, -0.25) is 19.1 Å². The molecule has 2 atom stereocenters. The van der Waals surface area contributed by atoms with Crippen LogP contribution in [0.3, 0.4) is 0 Å². The SMILES string of the molecule is O=C(N1CCN(C(=O)C(F)(F)C2(F)OC(F)(F)C(F)(F)C2(F)F)CC1)C(F)(F)C1(F)OC(F)(F)C(F)(F)C1(F)F. The highest BCUT2D eigenvalue weighted by Gasteiger charge is 2.97. The molecule has 24 heteroatoms. The third-order valence-corrected chi connectivity index (χ3v) is 6.06. The maximum absolute atomic E-state index is 14.3. The molecule has 0 aromatic heterocycles. The fourth-order valence-electron chi connectivity index (χ4n) is 3.69. The first kappa shape index (κ1) is 32.1. The number of halogens is 18. The summed E-state index contributed by atoms with van der Waals surface area (Å²) < 4.78 is 250. The molecular weight excluding hydrogens is 626 g/mol. The highest BCUT2D eigenvalue weighted by atomic mass is 19.4. The second kappa shape index (κ2) is 8.12. The number of ether oxygens (including phenoxy) is 2. The van der Waals surface area contributed by atoms with Gasteiger partial charge in [-0.1, -0.05) is 0 Å². The van der Waals surface area contributed by atoms with Crippen LogP contribution in [0.15, 0.2) is 0 Å². The van der Waals surface area contributed by atoms with Gasteiger partial charge in [0.25, 0.3) is 11.8 Å². The van der Waals surface area contributed by atoms with Gasteiger partial charge >= 0.3 is 59.5 Å². The van der Waals surface area contributed by atoms with Crippen LogP contribution >= 0.6 is 0 Å². The van der Waals surface area contributed by atoms with E-state index in [-0.39, 0.29) is 0 Å². The van der Waals surface area contributed by atoms with Gasteiger partial charge in [-0.25, -0.2) is 0 Å². The smallest absolute Gasteiger partial charge is 0.334 e. The van der Waals surface area contributed by atoms with Gasteiger partial charge in [0.05, 0.1) is 0 Å². The molecule has 0 N–H and O–H groups in total. The molecule has 3 aliphatic rings. The molecule has 2 amide bonds. The first-order valence-corrected chi connectivity index (χ1v) is 9.84. The van der Waals surface area contributed by atoms with Crippen LogP contribution in [0.5, 0.6) is 0 Å². The molecule has 6 nitrogen and oxygen atoms in total. The van der Waals surface area contributed by atoms with Crippen molar-refractivity contribution in [2.75, 3.05) is 26.2 Å². The highest BCUT2D eigenvalue weighted by Crippen LogP contribution is 2.66. The van der Waals surface area contributed by atoms with Crippen LogP contribution in [-0.2, 0) is 19.1 Å².